The van der Waals surface area contributed by atoms with E-state index in [4.69, 9.17) is 0 Å². The van der Waals surface area contributed by atoms with Crippen LogP contribution in [0.15, 0.2) is 29.3 Å². The number of hydrogen-bond donors (Lipinski definition) is 0. The molecule has 0 N–H and O–H groups in total. The van der Waals surface area contributed by atoms with Crippen LogP contribution in [0.25, 0.3) is 0 Å². The number of fused-ring (bicyclic) bond motifs is 2. The number of aryl methyl sites for hydroxylation is 1. The fourth-order valence-electron chi connectivity index (χ4n) is 3.86. The Kier molecular flexibility index (Phi) is 2.80. The molecular formula is C17H23N. The van der Waals surface area contributed by atoms with E-state index in [1.807, 2.05) is 0 Å². The highest BCUT2D eigenvalue weighted by molar-refractivity contribution is 5.67. The quantitative estimate of drug-likeness (QED) is 0.661. The van der Waals surface area contributed by atoms with Gasteiger partial charge in [0.25, 0.3) is 0 Å². The molecule has 1 heteroatoms. The third-order valence-corrected chi connectivity index (χ3v) is 5.36. The van der Waals surface area contributed by atoms with Gasteiger partial charge in [0, 0.05) is 6.21 Å². The lowest BCUT2D eigenvalue weighted by molar-refractivity contribution is -0.0835. The van der Waals surface area contributed by atoms with Crippen LogP contribution >= 0.6 is 0 Å². The van der Waals surface area contributed by atoms with E-state index in [1.54, 1.807) is 0 Å². The average Bonchev–Trinajstić information content (AvgIpc) is 2.38. The summed E-state index contributed by atoms with van der Waals surface area (Å²) in [5.74, 6) is 2.54. The van der Waals surface area contributed by atoms with Crippen LogP contribution in [0.4, 0.5) is 5.69 Å². The van der Waals surface area contributed by atoms with Crippen LogP contribution in [0.2, 0.25) is 0 Å². The molecule has 0 saturated heterocycles. The second-order valence-corrected chi connectivity index (χ2v) is 6.72. The van der Waals surface area contributed by atoms with Crippen molar-refractivity contribution in [1.29, 1.82) is 0 Å². The van der Waals surface area contributed by atoms with Gasteiger partial charge in [0.1, 0.15) is 0 Å². The van der Waals surface area contributed by atoms with Gasteiger partial charge in [-0.05, 0) is 61.5 Å². The largest absolute Gasteiger partial charge is 0.261 e. The second-order valence-electron chi connectivity index (χ2n) is 6.72. The molecule has 0 aliphatic heterocycles. The van der Waals surface area contributed by atoms with Gasteiger partial charge in [0.15, 0.2) is 0 Å². The summed E-state index contributed by atoms with van der Waals surface area (Å²) in [7, 11) is 0. The van der Waals surface area contributed by atoms with Crippen molar-refractivity contribution in [2.24, 2.45) is 28.2 Å². The molecule has 1 aromatic carbocycles. The van der Waals surface area contributed by atoms with Crippen LogP contribution < -0.4 is 0 Å². The molecular weight excluding hydrogens is 218 g/mol. The number of nitrogens with zero attached hydrogens (tertiary/aromatic N) is 1. The minimum absolute atomic E-state index is 0.558. The predicted molar refractivity (Wildman–Crippen MR) is 77.4 cm³/mol. The van der Waals surface area contributed by atoms with Crippen molar-refractivity contribution in [3.63, 3.8) is 0 Å². The molecule has 1 nitrogen and oxygen atoms in total. The zero-order valence-corrected chi connectivity index (χ0v) is 11.7. The third kappa shape index (κ3) is 1.90. The Morgan fingerprint density at radius 1 is 1.17 bits per heavy atom. The third-order valence-electron chi connectivity index (χ3n) is 5.36. The summed E-state index contributed by atoms with van der Waals surface area (Å²) >= 11 is 0. The molecule has 0 unspecified atom stereocenters. The lowest BCUT2D eigenvalue weighted by Gasteiger charge is -2.59. The fraction of sp³-hybridized carbons (Fsp3) is 0.588. The maximum atomic E-state index is 4.69. The highest BCUT2D eigenvalue weighted by Gasteiger charge is 2.53. The molecule has 3 atom stereocenters. The fourth-order valence-corrected chi connectivity index (χ4v) is 3.86. The van der Waals surface area contributed by atoms with Crippen molar-refractivity contribution in [3.8, 4) is 0 Å². The van der Waals surface area contributed by atoms with Crippen molar-refractivity contribution < 1.29 is 0 Å². The number of benzene rings is 1. The molecule has 3 aliphatic carbocycles. The monoisotopic (exact) mass is 241 g/mol. The van der Waals surface area contributed by atoms with E-state index in [9.17, 15) is 0 Å². The zero-order chi connectivity index (χ0) is 12.8. The average molecular weight is 241 g/mol. The standard InChI is InChI=1S/C17H23N/c1-12-4-8-15(9-5-12)18-11-13-6-7-14-10-16(13)17(14,2)3/h4-5,8-9,11,13-14,16H,6-7,10H2,1-3H3/t13-,14+,16+/m1/s1. The van der Waals surface area contributed by atoms with Gasteiger partial charge in [-0.15, -0.1) is 0 Å². The van der Waals surface area contributed by atoms with Gasteiger partial charge >= 0.3 is 0 Å². The first kappa shape index (κ1) is 12.0. The van der Waals surface area contributed by atoms with Gasteiger partial charge in [-0.3, -0.25) is 4.99 Å². The highest BCUT2D eigenvalue weighted by atomic mass is 14.7. The normalized spacial score (nSPS) is 33.4. The van der Waals surface area contributed by atoms with Crippen LogP contribution in [0.5, 0.6) is 0 Å². The SMILES string of the molecule is Cc1ccc(N=C[C@H]2CC[C@H]3C[C@@H]2C3(C)C)cc1. The zero-order valence-electron chi connectivity index (χ0n) is 11.7. The van der Waals surface area contributed by atoms with E-state index < -0.39 is 0 Å². The van der Waals surface area contributed by atoms with Crippen molar-refractivity contribution in [3.05, 3.63) is 29.8 Å². The summed E-state index contributed by atoms with van der Waals surface area (Å²) in [5.41, 5.74) is 2.96. The molecule has 18 heavy (non-hydrogen) atoms. The molecule has 0 aromatic heterocycles. The molecule has 2 bridgehead atoms. The van der Waals surface area contributed by atoms with Crippen molar-refractivity contribution in [1.82, 2.24) is 0 Å². The topological polar surface area (TPSA) is 12.4 Å². The van der Waals surface area contributed by atoms with Crippen molar-refractivity contribution >= 4 is 11.9 Å². The van der Waals surface area contributed by atoms with Gasteiger partial charge in [-0.2, -0.15) is 0 Å². The van der Waals surface area contributed by atoms with E-state index in [1.165, 1.54) is 24.8 Å². The summed E-state index contributed by atoms with van der Waals surface area (Å²) in [6.07, 6.45) is 6.40. The maximum Gasteiger partial charge on any atom is 0.0626 e. The Labute approximate surface area is 110 Å². The van der Waals surface area contributed by atoms with Gasteiger partial charge in [-0.25, -0.2) is 0 Å². The van der Waals surface area contributed by atoms with Crippen LogP contribution in [0, 0.1) is 30.1 Å². The van der Waals surface area contributed by atoms with Crippen molar-refractivity contribution in [2.45, 2.75) is 40.0 Å². The van der Waals surface area contributed by atoms with Crippen LogP contribution in [-0.4, -0.2) is 6.21 Å². The first-order valence-corrected chi connectivity index (χ1v) is 7.18. The molecule has 3 aliphatic rings. The minimum Gasteiger partial charge on any atom is -0.261 e. The minimum atomic E-state index is 0.558. The molecule has 4 rings (SSSR count). The number of rotatable bonds is 2. The Morgan fingerprint density at radius 2 is 1.89 bits per heavy atom. The van der Waals surface area contributed by atoms with E-state index in [0.29, 0.717) is 11.3 Å². The Morgan fingerprint density at radius 3 is 2.50 bits per heavy atom. The molecule has 3 saturated carbocycles. The van der Waals surface area contributed by atoms with E-state index in [2.05, 4.69) is 56.2 Å². The Balaban J connectivity index is 1.71. The van der Waals surface area contributed by atoms with Crippen LogP contribution in [0.3, 0.4) is 0 Å². The van der Waals surface area contributed by atoms with E-state index in [0.717, 1.165) is 17.5 Å². The summed E-state index contributed by atoms with van der Waals surface area (Å²) in [6.45, 7) is 7.00. The van der Waals surface area contributed by atoms with Gasteiger partial charge in [0.05, 0.1) is 5.69 Å². The molecule has 0 amide bonds. The summed E-state index contributed by atoms with van der Waals surface area (Å²) < 4.78 is 0. The van der Waals surface area contributed by atoms with Crippen LogP contribution in [0.1, 0.15) is 38.7 Å². The highest BCUT2D eigenvalue weighted by Crippen LogP contribution is 2.60. The van der Waals surface area contributed by atoms with Gasteiger partial charge in [-0.1, -0.05) is 31.5 Å². The lowest BCUT2D eigenvalue weighted by Crippen LogP contribution is -2.52. The summed E-state index contributed by atoms with van der Waals surface area (Å²) in [5, 5.41) is 0. The summed E-state index contributed by atoms with van der Waals surface area (Å²) in [4.78, 5) is 4.69. The Hall–Kier alpha value is -1.11. The molecule has 3 fully saturated rings. The number of aliphatic imine (C=N–C) groups is 1. The molecule has 0 radical (unpaired) electrons. The summed E-state index contributed by atoms with van der Waals surface area (Å²) in [6, 6.07) is 8.50. The molecule has 0 spiro atoms. The first-order valence-electron chi connectivity index (χ1n) is 7.18. The molecule has 0 heterocycles. The predicted octanol–water partition coefficient (Wildman–Crippen LogP) is 4.77. The first-order chi connectivity index (χ1) is 8.57. The van der Waals surface area contributed by atoms with Gasteiger partial charge < -0.3 is 0 Å². The molecule has 96 valence electrons. The van der Waals surface area contributed by atoms with E-state index >= 15 is 0 Å². The van der Waals surface area contributed by atoms with Crippen LogP contribution in [-0.2, 0) is 0 Å². The smallest absolute Gasteiger partial charge is 0.0626 e. The van der Waals surface area contributed by atoms with E-state index in [-0.39, 0.29) is 0 Å². The van der Waals surface area contributed by atoms with Crippen molar-refractivity contribution in [2.75, 3.05) is 0 Å². The molecule has 1 aromatic rings. The second kappa shape index (κ2) is 4.22. The maximum absolute atomic E-state index is 4.69. The Bertz CT molecular complexity index is 453. The number of hydrogen-bond acceptors (Lipinski definition) is 1. The van der Waals surface area contributed by atoms with Gasteiger partial charge in [0.2, 0.25) is 0 Å². The lowest BCUT2D eigenvalue weighted by atomic mass is 9.46.